The van der Waals surface area contributed by atoms with Crippen LogP contribution in [0.2, 0.25) is 5.02 Å². The smallest absolute Gasteiger partial charge is 0.335 e. The van der Waals surface area contributed by atoms with Crippen molar-refractivity contribution in [1.82, 2.24) is 4.98 Å². The predicted molar refractivity (Wildman–Crippen MR) is 119 cm³/mol. The van der Waals surface area contributed by atoms with Gasteiger partial charge in [-0.3, -0.25) is 4.98 Å². The maximum Gasteiger partial charge on any atom is 0.335 e. The molecular weight excluding hydrogens is 402 g/mol. The van der Waals surface area contributed by atoms with Crippen LogP contribution in [0.5, 0.6) is 5.75 Å². The lowest BCUT2D eigenvalue weighted by molar-refractivity contribution is 0.0697. The fourth-order valence-corrected chi connectivity index (χ4v) is 3.27. The van der Waals surface area contributed by atoms with Gasteiger partial charge in [0.1, 0.15) is 5.75 Å². The molecule has 0 spiro atoms. The molecule has 1 heterocycles. The first kappa shape index (κ1) is 19.5. The highest BCUT2D eigenvalue weighted by Gasteiger charge is 2.07. The fourth-order valence-electron chi connectivity index (χ4n) is 3.10. The van der Waals surface area contributed by atoms with Crippen LogP contribution in [0.1, 0.15) is 15.9 Å². The van der Waals surface area contributed by atoms with Crippen LogP contribution < -0.4 is 10.6 Å². The Bertz CT molecular complexity index is 1230. The molecule has 0 aliphatic rings. The summed E-state index contributed by atoms with van der Waals surface area (Å²) in [5, 5.41) is 27.4. The maximum absolute atomic E-state index is 10.9. The molecule has 4 N–H and O–H groups in total. The van der Waals surface area contributed by atoms with Crippen molar-refractivity contribution in [3.05, 3.63) is 89.1 Å². The van der Waals surface area contributed by atoms with Crippen molar-refractivity contribution < 1.29 is 15.0 Å². The van der Waals surface area contributed by atoms with Gasteiger partial charge < -0.3 is 20.8 Å². The number of rotatable bonds is 6. The van der Waals surface area contributed by atoms with Gasteiger partial charge in [0.25, 0.3) is 0 Å². The minimum atomic E-state index is -0.965. The molecule has 4 rings (SSSR count). The van der Waals surface area contributed by atoms with Gasteiger partial charge in [-0.25, -0.2) is 4.79 Å². The molecule has 4 aromatic rings. The summed E-state index contributed by atoms with van der Waals surface area (Å²) < 4.78 is 0. The highest BCUT2D eigenvalue weighted by atomic mass is 35.5. The fraction of sp³-hybridized carbons (Fsp3) is 0.0435. The molecule has 150 valence electrons. The normalized spacial score (nSPS) is 10.7. The van der Waals surface area contributed by atoms with Gasteiger partial charge in [0.15, 0.2) is 0 Å². The second-order valence-corrected chi connectivity index (χ2v) is 7.16. The molecule has 30 heavy (non-hydrogen) atoms. The molecule has 0 unspecified atom stereocenters. The molecule has 3 aromatic carbocycles. The van der Waals surface area contributed by atoms with Gasteiger partial charge in [0.05, 0.1) is 11.1 Å². The maximum atomic E-state index is 10.9. The number of phenolic OH excluding ortho intramolecular Hbond substituents is 1. The molecule has 6 nitrogen and oxygen atoms in total. The third kappa shape index (κ3) is 4.29. The van der Waals surface area contributed by atoms with E-state index < -0.39 is 5.97 Å². The lowest BCUT2D eigenvalue weighted by Crippen LogP contribution is -2.01. The third-order valence-corrected chi connectivity index (χ3v) is 4.92. The van der Waals surface area contributed by atoms with E-state index in [1.165, 1.54) is 12.1 Å². The van der Waals surface area contributed by atoms with E-state index in [1.807, 2.05) is 30.3 Å². The number of benzene rings is 3. The van der Waals surface area contributed by atoms with Crippen LogP contribution in [-0.2, 0) is 6.54 Å². The first-order valence-corrected chi connectivity index (χ1v) is 9.58. The van der Waals surface area contributed by atoms with Crippen LogP contribution in [-0.4, -0.2) is 21.2 Å². The van der Waals surface area contributed by atoms with E-state index >= 15 is 0 Å². The zero-order valence-corrected chi connectivity index (χ0v) is 16.5. The van der Waals surface area contributed by atoms with Crippen molar-refractivity contribution >= 4 is 45.5 Å². The summed E-state index contributed by atoms with van der Waals surface area (Å²) in [7, 11) is 0. The van der Waals surface area contributed by atoms with Crippen molar-refractivity contribution in [2.75, 3.05) is 10.6 Å². The van der Waals surface area contributed by atoms with Crippen molar-refractivity contribution in [2.45, 2.75) is 6.54 Å². The molecule has 7 heteroatoms. The summed E-state index contributed by atoms with van der Waals surface area (Å²) in [6, 6.07) is 19.2. The zero-order valence-electron chi connectivity index (χ0n) is 15.8. The Hall–Kier alpha value is -3.77. The monoisotopic (exact) mass is 419 g/mol. The van der Waals surface area contributed by atoms with Gasteiger partial charge in [-0.1, -0.05) is 17.7 Å². The van der Waals surface area contributed by atoms with Gasteiger partial charge in [-0.05, 0) is 54.6 Å². The summed E-state index contributed by atoms with van der Waals surface area (Å²) in [5.41, 5.74) is 4.10. The van der Waals surface area contributed by atoms with Crippen LogP contribution >= 0.6 is 11.6 Å². The minimum Gasteiger partial charge on any atom is -0.508 e. The number of carbonyl (C=O) groups is 1. The van der Waals surface area contributed by atoms with E-state index in [0.29, 0.717) is 17.1 Å². The largest absolute Gasteiger partial charge is 0.508 e. The SMILES string of the molecule is O=C(O)c1ccc(NCc2ccc(Nc3ccnc4cc(Cl)ccc34)cc2O)cc1. The highest BCUT2D eigenvalue weighted by Crippen LogP contribution is 2.29. The summed E-state index contributed by atoms with van der Waals surface area (Å²) in [4.78, 5) is 15.2. The molecule has 0 bridgehead atoms. The van der Waals surface area contributed by atoms with E-state index in [0.717, 1.165) is 28.0 Å². The van der Waals surface area contributed by atoms with Crippen LogP contribution in [0, 0.1) is 0 Å². The third-order valence-electron chi connectivity index (χ3n) is 4.68. The number of aromatic hydroxyl groups is 1. The van der Waals surface area contributed by atoms with Crippen molar-refractivity contribution in [1.29, 1.82) is 0 Å². The first-order chi connectivity index (χ1) is 14.5. The van der Waals surface area contributed by atoms with Gasteiger partial charge in [0, 0.05) is 51.8 Å². The second kappa shape index (κ2) is 8.31. The zero-order chi connectivity index (χ0) is 21.1. The van der Waals surface area contributed by atoms with Crippen LogP contribution in [0.15, 0.2) is 72.9 Å². The average molecular weight is 420 g/mol. The Kier molecular flexibility index (Phi) is 5.41. The van der Waals surface area contributed by atoms with E-state index in [-0.39, 0.29) is 11.3 Å². The van der Waals surface area contributed by atoms with E-state index in [2.05, 4.69) is 15.6 Å². The van der Waals surface area contributed by atoms with Crippen LogP contribution in [0.25, 0.3) is 10.9 Å². The molecule has 0 atom stereocenters. The number of hydrogen-bond acceptors (Lipinski definition) is 5. The molecular formula is C23H18ClN3O3. The van der Waals surface area contributed by atoms with Gasteiger partial charge in [0.2, 0.25) is 0 Å². The molecule has 0 saturated heterocycles. The quantitative estimate of drug-likeness (QED) is 0.322. The van der Waals surface area contributed by atoms with Crippen molar-refractivity contribution in [3.8, 4) is 5.75 Å². The van der Waals surface area contributed by atoms with Crippen LogP contribution in [0.4, 0.5) is 17.1 Å². The first-order valence-electron chi connectivity index (χ1n) is 9.20. The number of nitrogens with zero attached hydrogens (tertiary/aromatic N) is 1. The molecule has 0 radical (unpaired) electrons. The lowest BCUT2D eigenvalue weighted by atomic mass is 10.1. The Labute approximate surface area is 177 Å². The van der Waals surface area contributed by atoms with Crippen LogP contribution in [0.3, 0.4) is 0 Å². The Morgan fingerprint density at radius 1 is 0.967 bits per heavy atom. The van der Waals surface area contributed by atoms with E-state index in [1.54, 1.807) is 30.5 Å². The number of pyridine rings is 1. The summed E-state index contributed by atoms with van der Waals surface area (Å²) >= 11 is 6.04. The number of halogens is 1. The molecule has 0 fully saturated rings. The Morgan fingerprint density at radius 3 is 2.47 bits per heavy atom. The van der Waals surface area contributed by atoms with Gasteiger partial charge in [-0.15, -0.1) is 0 Å². The number of carboxylic acid groups (broad SMARTS) is 1. The number of hydrogen-bond donors (Lipinski definition) is 4. The van der Waals surface area contributed by atoms with Crippen molar-refractivity contribution in [2.24, 2.45) is 0 Å². The Morgan fingerprint density at radius 2 is 1.73 bits per heavy atom. The van der Waals surface area contributed by atoms with E-state index in [9.17, 15) is 9.90 Å². The number of anilines is 3. The second-order valence-electron chi connectivity index (χ2n) is 6.72. The van der Waals surface area contributed by atoms with E-state index in [4.69, 9.17) is 16.7 Å². The Balaban J connectivity index is 1.48. The number of fused-ring (bicyclic) bond motifs is 1. The molecule has 0 aliphatic carbocycles. The summed E-state index contributed by atoms with van der Waals surface area (Å²) in [6.45, 7) is 0.398. The van der Waals surface area contributed by atoms with Gasteiger partial charge in [-0.2, -0.15) is 0 Å². The number of phenols is 1. The molecule has 0 saturated carbocycles. The molecule has 0 aliphatic heterocycles. The van der Waals surface area contributed by atoms with Crippen molar-refractivity contribution in [3.63, 3.8) is 0 Å². The topological polar surface area (TPSA) is 94.5 Å². The average Bonchev–Trinajstić information content (AvgIpc) is 2.73. The number of aromatic nitrogens is 1. The number of carboxylic acids is 1. The summed E-state index contributed by atoms with van der Waals surface area (Å²) in [5.74, 6) is -0.816. The minimum absolute atomic E-state index is 0.149. The predicted octanol–water partition coefficient (Wildman–Crippen LogP) is 5.65. The molecule has 0 amide bonds. The van der Waals surface area contributed by atoms with Gasteiger partial charge >= 0.3 is 5.97 Å². The number of aromatic carboxylic acids is 1. The summed E-state index contributed by atoms with van der Waals surface area (Å²) in [6.07, 6.45) is 1.70. The lowest BCUT2D eigenvalue weighted by Gasteiger charge is -2.13. The highest BCUT2D eigenvalue weighted by molar-refractivity contribution is 6.31. The number of nitrogens with one attached hydrogen (secondary N) is 2. The molecule has 1 aromatic heterocycles. The standard InChI is InChI=1S/C23H18ClN3O3/c24-16-4-8-19-20(9-10-25-21(19)11-16)27-18-7-3-15(22(28)12-18)13-26-17-5-1-14(2-6-17)23(29)30/h1-12,26,28H,13H2,(H,25,27)(H,29,30).